The number of anilines is 1. The fourth-order valence-corrected chi connectivity index (χ4v) is 3.39. The first-order chi connectivity index (χ1) is 14.3. The molecule has 1 fully saturated rings. The quantitative estimate of drug-likeness (QED) is 0.251. The fraction of sp³-hybridized carbons (Fsp3) is 0.474. The van der Waals surface area contributed by atoms with E-state index in [9.17, 15) is 24.9 Å². The van der Waals surface area contributed by atoms with Gasteiger partial charge in [-0.15, -0.1) is 0 Å². The molecule has 160 valence electrons. The topological polar surface area (TPSA) is 174 Å². The smallest absolute Gasteiger partial charge is 0.349 e. The Hall–Kier alpha value is -2.86. The SMILES string of the molecule is Cc1cc2nc3c(=O)[nH]c(=O)nc-3n(C[C@H](O)[C@H](O)[C@H](O)CO)c2cc1NC1CC1. The Kier molecular flexibility index (Phi) is 5.28. The molecule has 2 heterocycles. The highest BCUT2D eigenvalue weighted by molar-refractivity contribution is 5.84. The highest BCUT2D eigenvalue weighted by Gasteiger charge is 2.28. The van der Waals surface area contributed by atoms with Gasteiger partial charge in [-0.3, -0.25) is 9.78 Å². The zero-order valence-corrected chi connectivity index (χ0v) is 16.2. The minimum absolute atomic E-state index is 0.0535. The van der Waals surface area contributed by atoms with Crippen molar-refractivity contribution >= 4 is 16.7 Å². The van der Waals surface area contributed by atoms with E-state index in [1.165, 1.54) is 4.57 Å². The Labute approximate surface area is 170 Å². The number of aromatic nitrogens is 4. The Morgan fingerprint density at radius 1 is 1.20 bits per heavy atom. The summed E-state index contributed by atoms with van der Waals surface area (Å²) in [5.41, 5.74) is 1.01. The summed E-state index contributed by atoms with van der Waals surface area (Å²) in [6.07, 6.45) is -2.59. The van der Waals surface area contributed by atoms with Gasteiger partial charge < -0.3 is 30.3 Å². The maximum Gasteiger partial charge on any atom is 0.349 e. The molecule has 6 N–H and O–H groups in total. The molecule has 3 aliphatic rings. The van der Waals surface area contributed by atoms with Crippen molar-refractivity contribution in [2.24, 2.45) is 0 Å². The van der Waals surface area contributed by atoms with E-state index in [0.29, 0.717) is 17.1 Å². The number of hydrogen-bond acceptors (Lipinski definition) is 9. The molecule has 1 aromatic carbocycles. The number of aromatic amines is 1. The highest BCUT2D eigenvalue weighted by atomic mass is 16.4. The second-order valence-electron chi connectivity index (χ2n) is 7.65. The lowest BCUT2D eigenvalue weighted by Crippen LogP contribution is -2.42. The van der Waals surface area contributed by atoms with Crippen LogP contribution in [0.3, 0.4) is 0 Å². The molecule has 0 amide bonds. The summed E-state index contributed by atoms with van der Waals surface area (Å²) < 4.78 is 1.42. The minimum Gasteiger partial charge on any atom is -0.394 e. The molecule has 2 aliphatic heterocycles. The molecule has 0 unspecified atom stereocenters. The highest BCUT2D eigenvalue weighted by Crippen LogP contribution is 2.31. The van der Waals surface area contributed by atoms with Gasteiger partial charge in [0.25, 0.3) is 5.56 Å². The standard InChI is InChI=1S/C19H23N5O6/c1-8-4-11-12(5-10(8)20-9-2-3-9)24(6-13(26)16(28)14(27)7-25)17-15(21-11)18(29)23-19(30)22-17/h4-5,9,13-14,16,20,25-28H,2-3,6-7H2,1H3,(H,23,29,30)/t13-,14+,16-/m0/s1. The zero-order chi connectivity index (χ0) is 21.6. The van der Waals surface area contributed by atoms with Crippen LogP contribution in [0.15, 0.2) is 21.7 Å². The summed E-state index contributed by atoms with van der Waals surface area (Å²) >= 11 is 0. The van der Waals surface area contributed by atoms with Gasteiger partial charge in [0.05, 0.1) is 24.2 Å². The number of hydrogen-bond donors (Lipinski definition) is 6. The van der Waals surface area contributed by atoms with E-state index in [1.807, 2.05) is 6.92 Å². The molecule has 0 saturated heterocycles. The molecule has 3 atom stereocenters. The monoisotopic (exact) mass is 417 g/mol. The molecule has 0 radical (unpaired) electrons. The van der Waals surface area contributed by atoms with Gasteiger partial charge in [-0.05, 0) is 37.5 Å². The Morgan fingerprint density at radius 2 is 1.93 bits per heavy atom. The van der Waals surface area contributed by atoms with E-state index in [2.05, 4.69) is 20.3 Å². The second-order valence-corrected chi connectivity index (χ2v) is 7.65. The average molecular weight is 417 g/mol. The normalized spacial score (nSPS) is 17.2. The van der Waals surface area contributed by atoms with Gasteiger partial charge in [0, 0.05) is 11.7 Å². The third kappa shape index (κ3) is 3.79. The van der Waals surface area contributed by atoms with Gasteiger partial charge in [-0.1, -0.05) is 0 Å². The molecule has 1 aromatic rings. The Morgan fingerprint density at radius 3 is 2.60 bits per heavy atom. The van der Waals surface area contributed by atoms with E-state index in [4.69, 9.17) is 5.11 Å². The van der Waals surface area contributed by atoms with Crippen LogP contribution < -0.4 is 16.6 Å². The van der Waals surface area contributed by atoms with Crippen LogP contribution in [0.4, 0.5) is 5.69 Å². The molecule has 30 heavy (non-hydrogen) atoms. The lowest BCUT2D eigenvalue weighted by molar-refractivity contribution is -0.0802. The van der Waals surface area contributed by atoms with Gasteiger partial charge in [0.15, 0.2) is 11.5 Å². The number of benzene rings is 1. The molecule has 0 spiro atoms. The van der Waals surface area contributed by atoms with Crippen molar-refractivity contribution in [1.82, 2.24) is 19.5 Å². The molecular weight excluding hydrogens is 394 g/mol. The van der Waals surface area contributed by atoms with Crippen molar-refractivity contribution in [2.75, 3.05) is 11.9 Å². The number of nitrogens with one attached hydrogen (secondary N) is 2. The number of rotatable bonds is 7. The van der Waals surface area contributed by atoms with Crippen molar-refractivity contribution in [3.8, 4) is 11.5 Å². The first kappa shape index (κ1) is 20.4. The summed E-state index contributed by atoms with van der Waals surface area (Å²) in [4.78, 5) is 34.4. The first-order valence-corrected chi connectivity index (χ1v) is 9.65. The predicted molar refractivity (Wildman–Crippen MR) is 108 cm³/mol. The zero-order valence-electron chi connectivity index (χ0n) is 16.2. The van der Waals surface area contributed by atoms with Crippen LogP contribution in [0.25, 0.3) is 22.6 Å². The van der Waals surface area contributed by atoms with Crippen LogP contribution in [0, 0.1) is 6.92 Å². The summed E-state index contributed by atoms with van der Waals surface area (Å²) in [5.74, 6) is -0.0535. The molecule has 4 rings (SSSR count). The van der Waals surface area contributed by atoms with Crippen molar-refractivity contribution in [1.29, 1.82) is 0 Å². The van der Waals surface area contributed by atoms with Crippen molar-refractivity contribution in [3.05, 3.63) is 38.5 Å². The number of aryl methyl sites for hydroxylation is 1. The number of fused-ring (bicyclic) bond motifs is 2. The lowest BCUT2D eigenvalue weighted by atomic mass is 10.1. The van der Waals surface area contributed by atoms with Gasteiger partial charge in [0.1, 0.15) is 18.3 Å². The van der Waals surface area contributed by atoms with Crippen LogP contribution in [0.5, 0.6) is 0 Å². The maximum atomic E-state index is 12.3. The summed E-state index contributed by atoms with van der Waals surface area (Å²) in [6, 6.07) is 3.96. The molecule has 11 nitrogen and oxygen atoms in total. The van der Waals surface area contributed by atoms with Crippen molar-refractivity contribution in [2.45, 2.75) is 50.7 Å². The van der Waals surface area contributed by atoms with Crippen molar-refractivity contribution < 1.29 is 20.4 Å². The first-order valence-electron chi connectivity index (χ1n) is 9.65. The number of aliphatic hydroxyl groups is 4. The fourth-order valence-electron chi connectivity index (χ4n) is 3.39. The van der Waals surface area contributed by atoms with Crippen LogP contribution in [0.1, 0.15) is 18.4 Å². The van der Waals surface area contributed by atoms with E-state index >= 15 is 0 Å². The summed E-state index contributed by atoms with van der Waals surface area (Å²) in [7, 11) is 0. The largest absolute Gasteiger partial charge is 0.394 e. The third-order valence-electron chi connectivity index (χ3n) is 5.24. The Balaban J connectivity index is 1.92. The molecule has 11 heteroatoms. The predicted octanol–water partition coefficient (Wildman–Crippen LogP) is -1.46. The van der Waals surface area contributed by atoms with Crippen LogP contribution in [-0.4, -0.2) is 70.9 Å². The van der Waals surface area contributed by atoms with E-state index in [1.54, 1.807) is 12.1 Å². The van der Waals surface area contributed by atoms with E-state index < -0.39 is 36.2 Å². The molecule has 0 aromatic heterocycles. The van der Waals surface area contributed by atoms with Crippen molar-refractivity contribution in [3.63, 3.8) is 0 Å². The van der Waals surface area contributed by atoms with Gasteiger partial charge in [-0.2, -0.15) is 4.98 Å². The van der Waals surface area contributed by atoms with Gasteiger partial charge in [0.2, 0.25) is 0 Å². The lowest BCUT2D eigenvalue weighted by Gasteiger charge is -2.25. The molecular formula is C19H23N5O6. The molecule has 1 aliphatic carbocycles. The van der Waals surface area contributed by atoms with Gasteiger partial charge in [-0.25, -0.2) is 9.78 Å². The van der Waals surface area contributed by atoms with E-state index in [-0.39, 0.29) is 18.1 Å². The number of aliphatic hydroxyl groups excluding tert-OH is 4. The average Bonchev–Trinajstić information content (AvgIpc) is 3.52. The summed E-state index contributed by atoms with van der Waals surface area (Å²) in [5, 5.41) is 42.6. The van der Waals surface area contributed by atoms with Crippen LogP contribution >= 0.6 is 0 Å². The van der Waals surface area contributed by atoms with Gasteiger partial charge >= 0.3 is 5.69 Å². The second kappa shape index (κ2) is 7.76. The Bertz CT molecular complexity index is 1170. The number of H-pyrrole nitrogens is 1. The number of nitrogens with zero attached hydrogens (tertiary/aromatic N) is 3. The van der Waals surface area contributed by atoms with E-state index in [0.717, 1.165) is 24.1 Å². The molecule has 0 bridgehead atoms. The van der Waals surface area contributed by atoms with Crippen LogP contribution in [0.2, 0.25) is 0 Å². The maximum absolute atomic E-state index is 12.3. The minimum atomic E-state index is -1.65. The third-order valence-corrected chi connectivity index (χ3v) is 5.24. The molecule has 1 saturated carbocycles. The summed E-state index contributed by atoms with van der Waals surface area (Å²) in [6.45, 7) is 0.868. The van der Waals surface area contributed by atoms with Crippen LogP contribution in [-0.2, 0) is 6.54 Å².